The number of nitrogens with two attached hydrogens (primary N) is 1. The normalized spacial score (nSPS) is 16.0. The third kappa shape index (κ3) is 3.49. The number of pyridine rings is 1. The van der Waals surface area contributed by atoms with Gasteiger partial charge in [-0.05, 0) is 25.5 Å². The summed E-state index contributed by atoms with van der Waals surface area (Å²) in [5, 5.41) is 8.81. The number of anilines is 1. The second kappa shape index (κ2) is 6.09. The number of carboxylic acid groups (broad SMARTS) is 1. The van der Waals surface area contributed by atoms with Gasteiger partial charge >= 0.3 is 5.97 Å². The summed E-state index contributed by atoms with van der Waals surface area (Å²) in [5.41, 5.74) is 7.57. The molecule has 0 atom stereocenters. The molecule has 0 aromatic carbocycles. The van der Waals surface area contributed by atoms with E-state index in [0.29, 0.717) is 37.6 Å². The van der Waals surface area contributed by atoms with E-state index in [1.807, 2.05) is 29.7 Å². The molecule has 0 spiro atoms. The number of aryl methyl sites for hydroxylation is 2. The third-order valence-corrected chi connectivity index (χ3v) is 3.60. The van der Waals surface area contributed by atoms with Gasteiger partial charge in [-0.3, -0.25) is 14.5 Å². The van der Waals surface area contributed by atoms with Gasteiger partial charge in [-0.2, -0.15) is 0 Å². The number of primary amides is 1. The summed E-state index contributed by atoms with van der Waals surface area (Å²) in [7, 11) is 0. The molecule has 1 aromatic heterocycles. The fourth-order valence-corrected chi connectivity index (χ4v) is 2.66. The molecule has 1 aliphatic heterocycles. The molecule has 114 valence electrons. The minimum absolute atomic E-state index is 0.0385. The van der Waals surface area contributed by atoms with Gasteiger partial charge < -0.3 is 15.7 Å². The van der Waals surface area contributed by atoms with Crippen molar-refractivity contribution in [2.75, 3.05) is 37.6 Å². The summed E-state index contributed by atoms with van der Waals surface area (Å²) >= 11 is 0. The molecule has 0 unspecified atom stereocenters. The van der Waals surface area contributed by atoms with Crippen LogP contribution in [0.1, 0.15) is 21.6 Å². The molecule has 0 aliphatic carbocycles. The van der Waals surface area contributed by atoms with Crippen LogP contribution in [-0.2, 0) is 4.79 Å². The first-order valence-corrected chi connectivity index (χ1v) is 6.85. The number of hydrogen-bond acceptors (Lipinski definition) is 5. The van der Waals surface area contributed by atoms with Gasteiger partial charge in [0.1, 0.15) is 5.82 Å². The highest BCUT2D eigenvalue weighted by atomic mass is 16.4. The summed E-state index contributed by atoms with van der Waals surface area (Å²) in [6.45, 7) is 6.27. The number of piperazine rings is 1. The van der Waals surface area contributed by atoms with Crippen LogP contribution in [0.5, 0.6) is 0 Å². The summed E-state index contributed by atoms with van der Waals surface area (Å²) in [5.74, 6) is -0.705. The van der Waals surface area contributed by atoms with Gasteiger partial charge in [0.15, 0.2) is 0 Å². The lowest BCUT2D eigenvalue weighted by atomic mass is 10.1. The lowest BCUT2D eigenvalue weighted by molar-refractivity contribution is -0.138. The van der Waals surface area contributed by atoms with Gasteiger partial charge in [-0.15, -0.1) is 0 Å². The molecule has 2 heterocycles. The predicted molar refractivity (Wildman–Crippen MR) is 78.5 cm³/mol. The largest absolute Gasteiger partial charge is 0.480 e. The highest BCUT2D eigenvalue weighted by molar-refractivity contribution is 5.99. The van der Waals surface area contributed by atoms with Gasteiger partial charge in [0.25, 0.3) is 5.91 Å². The summed E-state index contributed by atoms with van der Waals surface area (Å²) < 4.78 is 0. The second-order valence-electron chi connectivity index (χ2n) is 5.30. The number of carbonyl (C=O) groups is 2. The topological polar surface area (TPSA) is 99.8 Å². The Morgan fingerprint density at radius 2 is 1.90 bits per heavy atom. The molecular weight excluding hydrogens is 272 g/mol. The van der Waals surface area contributed by atoms with Crippen molar-refractivity contribution in [2.24, 2.45) is 5.73 Å². The van der Waals surface area contributed by atoms with Crippen molar-refractivity contribution < 1.29 is 14.7 Å². The SMILES string of the molecule is Cc1cc(C)c(C(N)=O)c(N2CCN(CC(=O)O)CC2)n1. The Kier molecular flexibility index (Phi) is 4.42. The fourth-order valence-electron chi connectivity index (χ4n) is 2.66. The van der Waals surface area contributed by atoms with E-state index in [9.17, 15) is 9.59 Å². The van der Waals surface area contributed by atoms with Crippen molar-refractivity contribution in [1.29, 1.82) is 0 Å². The summed E-state index contributed by atoms with van der Waals surface area (Å²) in [6.07, 6.45) is 0. The van der Waals surface area contributed by atoms with E-state index in [-0.39, 0.29) is 6.54 Å². The van der Waals surface area contributed by atoms with Gasteiger partial charge in [-0.1, -0.05) is 0 Å². The average Bonchev–Trinajstić information content (AvgIpc) is 2.37. The molecule has 1 aliphatic rings. The monoisotopic (exact) mass is 292 g/mol. The maximum Gasteiger partial charge on any atom is 0.317 e. The van der Waals surface area contributed by atoms with Crippen molar-refractivity contribution >= 4 is 17.7 Å². The smallest absolute Gasteiger partial charge is 0.317 e. The second-order valence-corrected chi connectivity index (χ2v) is 5.30. The third-order valence-electron chi connectivity index (χ3n) is 3.60. The number of rotatable bonds is 4. The molecule has 2 rings (SSSR count). The van der Waals surface area contributed by atoms with E-state index in [0.717, 1.165) is 11.3 Å². The minimum atomic E-state index is -0.828. The Labute approximate surface area is 123 Å². The fraction of sp³-hybridized carbons (Fsp3) is 0.500. The van der Waals surface area contributed by atoms with E-state index in [2.05, 4.69) is 4.98 Å². The molecule has 0 radical (unpaired) electrons. The van der Waals surface area contributed by atoms with E-state index in [1.165, 1.54) is 0 Å². The number of aromatic nitrogens is 1. The van der Waals surface area contributed by atoms with Crippen LogP contribution in [-0.4, -0.2) is 59.6 Å². The van der Waals surface area contributed by atoms with E-state index in [1.54, 1.807) is 0 Å². The van der Waals surface area contributed by atoms with Crippen LogP contribution in [0.25, 0.3) is 0 Å². The first-order chi connectivity index (χ1) is 9.88. The number of carbonyl (C=O) groups excluding carboxylic acids is 1. The molecule has 7 heteroatoms. The van der Waals surface area contributed by atoms with E-state index >= 15 is 0 Å². The molecule has 1 amide bonds. The van der Waals surface area contributed by atoms with Crippen LogP contribution >= 0.6 is 0 Å². The van der Waals surface area contributed by atoms with Gasteiger partial charge in [0, 0.05) is 31.9 Å². The van der Waals surface area contributed by atoms with Crippen LogP contribution in [0, 0.1) is 13.8 Å². The number of hydrogen-bond donors (Lipinski definition) is 2. The Bertz CT molecular complexity index is 566. The molecule has 1 saturated heterocycles. The summed E-state index contributed by atoms with van der Waals surface area (Å²) in [4.78, 5) is 30.7. The number of nitrogens with zero attached hydrogens (tertiary/aromatic N) is 3. The average molecular weight is 292 g/mol. The van der Waals surface area contributed by atoms with Crippen LogP contribution in [0.2, 0.25) is 0 Å². The number of carboxylic acids is 1. The maximum atomic E-state index is 11.7. The van der Waals surface area contributed by atoms with Crippen molar-refractivity contribution in [2.45, 2.75) is 13.8 Å². The lowest BCUT2D eigenvalue weighted by Crippen LogP contribution is -2.48. The molecule has 21 heavy (non-hydrogen) atoms. The quantitative estimate of drug-likeness (QED) is 0.810. The van der Waals surface area contributed by atoms with Crippen molar-refractivity contribution in [1.82, 2.24) is 9.88 Å². The van der Waals surface area contributed by atoms with E-state index in [4.69, 9.17) is 10.8 Å². The van der Waals surface area contributed by atoms with E-state index < -0.39 is 11.9 Å². The molecular formula is C14H20N4O3. The Balaban J connectivity index is 2.20. The molecule has 1 fully saturated rings. The first kappa shape index (κ1) is 15.2. The van der Waals surface area contributed by atoms with Crippen molar-refractivity contribution in [3.63, 3.8) is 0 Å². The van der Waals surface area contributed by atoms with Crippen molar-refractivity contribution in [3.8, 4) is 0 Å². The van der Waals surface area contributed by atoms with Crippen LogP contribution in [0.3, 0.4) is 0 Å². The standard InChI is InChI=1S/C14H20N4O3/c1-9-7-10(2)16-14(12(9)13(15)21)18-5-3-17(4-6-18)8-11(19)20/h7H,3-6,8H2,1-2H3,(H2,15,21)(H,19,20). The van der Waals surface area contributed by atoms with Gasteiger partial charge in [0.2, 0.25) is 0 Å². The highest BCUT2D eigenvalue weighted by Crippen LogP contribution is 2.23. The minimum Gasteiger partial charge on any atom is -0.480 e. The predicted octanol–water partition coefficient (Wildman–Crippen LogP) is 0.00394. The molecule has 0 bridgehead atoms. The molecule has 1 aromatic rings. The summed E-state index contributed by atoms with van der Waals surface area (Å²) in [6, 6.07) is 1.84. The lowest BCUT2D eigenvalue weighted by Gasteiger charge is -2.35. The Hall–Kier alpha value is -2.15. The van der Waals surface area contributed by atoms with Gasteiger partial charge in [0.05, 0.1) is 12.1 Å². The molecule has 7 nitrogen and oxygen atoms in total. The maximum absolute atomic E-state index is 11.7. The van der Waals surface area contributed by atoms with Crippen LogP contribution in [0.15, 0.2) is 6.07 Å². The zero-order valence-electron chi connectivity index (χ0n) is 12.3. The highest BCUT2D eigenvalue weighted by Gasteiger charge is 2.24. The zero-order valence-corrected chi connectivity index (χ0v) is 12.3. The molecule has 0 saturated carbocycles. The van der Waals surface area contributed by atoms with Crippen molar-refractivity contribution in [3.05, 3.63) is 22.9 Å². The number of aliphatic carboxylic acids is 1. The Morgan fingerprint density at radius 3 is 2.43 bits per heavy atom. The number of amides is 1. The van der Waals surface area contributed by atoms with Gasteiger partial charge in [-0.25, -0.2) is 4.98 Å². The van der Waals surface area contributed by atoms with Crippen LogP contribution < -0.4 is 10.6 Å². The molecule has 3 N–H and O–H groups in total. The first-order valence-electron chi connectivity index (χ1n) is 6.85. The Morgan fingerprint density at radius 1 is 1.29 bits per heavy atom. The zero-order chi connectivity index (χ0) is 15.6. The van der Waals surface area contributed by atoms with Crippen LogP contribution in [0.4, 0.5) is 5.82 Å².